The van der Waals surface area contributed by atoms with E-state index < -0.39 is 18.4 Å². The second kappa shape index (κ2) is 6.35. The smallest absolute Gasteiger partial charge is 0.330 e. The zero-order chi connectivity index (χ0) is 15.4. The number of carbonyl (C=O) groups is 1. The van der Waals surface area contributed by atoms with Gasteiger partial charge >= 0.3 is 5.97 Å². The van der Waals surface area contributed by atoms with Crippen molar-refractivity contribution in [2.24, 2.45) is 0 Å². The van der Waals surface area contributed by atoms with E-state index in [2.05, 4.69) is 5.32 Å². The summed E-state index contributed by atoms with van der Waals surface area (Å²) >= 11 is 0. The predicted octanol–water partition coefficient (Wildman–Crippen LogP) is 4.17. The van der Waals surface area contributed by atoms with E-state index >= 15 is 0 Å². The number of carboxylic acid groups (broad SMARTS) is 1. The third-order valence-corrected chi connectivity index (χ3v) is 3.21. The van der Waals surface area contributed by atoms with E-state index in [4.69, 9.17) is 0 Å². The molecule has 0 saturated heterocycles. The number of para-hydroxylation sites is 1. The Labute approximate surface area is 121 Å². The van der Waals surface area contributed by atoms with E-state index in [0.717, 1.165) is 5.56 Å². The van der Waals surface area contributed by atoms with Gasteiger partial charge in [-0.25, -0.2) is 13.6 Å². The monoisotopic (exact) mass is 291 g/mol. The van der Waals surface area contributed by atoms with Crippen LogP contribution >= 0.6 is 0 Å². The fourth-order valence-corrected chi connectivity index (χ4v) is 2.01. The van der Waals surface area contributed by atoms with E-state index in [1.165, 1.54) is 24.3 Å². The van der Waals surface area contributed by atoms with Crippen LogP contribution in [0.25, 0.3) is 0 Å². The number of anilines is 1. The summed E-state index contributed by atoms with van der Waals surface area (Å²) in [5, 5.41) is 12.3. The molecule has 0 aliphatic carbocycles. The van der Waals surface area contributed by atoms with Gasteiger partial charge in [-0.1, -0.05) is 42.5 Å². The van der Waals surface area contributed by atoms with Crippen LogP contribution in [0.5, 0.6) is 0 Å². The molecule has 0 fully saturated rings. The van der Waals surface area contributed by atoms with Gasteiger partial charge in [0, 0.05) is 11.3 Å². The Hall–Kier alpha value is -2.43. The van der Waals surface area contributed by atoms with Gasteiger partial charge in [-0.05, 0) is 24.1 Å². The van der Waals surface area contributed by atoms with Crippen molar-refractivity contribution in [3.63, 3.8) is 0 Å². The number of carboxylic acids is 1. The average molecular weight is 291 g/mol. The van der Waals surface area contributed by atoms with Gasteiger partial charge in [0.25, 0.3) is 6.43 Å². The number of halogens is 2. The maximum Gasteiger partial charge on any atom is 0.330 e. The first kappa shape index (κ1) is 15.0. The van der Waals surface area contributed by atoms with Crippen LogP contribution < -0.4 is 5.32 Å². The first-order valence-corrected chi connectivity index (χ1v) is 6.42. The van der Waals surface area contributed by atoms with E-state index in [0.29, 0.717) is 11.3 Å². The van der Waals surface area contributed by atoms with Gasteiger partial charge < -0.3 is 10.4 Å². The van der Waals surface area contributed by atoms with Gasteiger partial charge in [-0.15, -0.1) is 0 Å². The van der Waals surface area contributed by atoms with Crippen LogP contribution in [0.2, 0.25) is 0 Å². The lowest BCUT2D eigenvalue weighted by atomic mass is 10.0. The number of alkyl halides is 2. The van der Waals surface area contributed by atoms with E-state index in [-0.39, 0.29) is 5.56 Å². The highest BCUT2D eigenvalue weighted by Gasteiger charge is 2.20. The van der Waals surface area contributed by atoms with Gasteiger partial charge in [0.2, 0.25) is 0 Å². The van der Waals surface area contributed by atoms with Crippen LogP contribution in [0.4, 0.5) is 14.5 Å². The SMILES string of the molecule is Cc1ccccc1NC(C(=O)O)c1ccc(C(F)F)cc1. The zero-order valence-electron chi connectivity index (χ0n) is 11.4. The van der Waals surface area contributed by atoms with Gasteiger partial charge in [0.05, 0.1) is 0 Å². The number of nitrogens with one attached hydrogen (secondary N) is 1. The number of benzene rings is 2. The maximum absolute atomic E-state index is 12.5. The number of hydrogen-bond donors (Lipinski definition) is 2. The summed E-state index contributed by atoms with van der Waals surface area (Å²) in [6, 6.07) is 11.6. The topological polar surface area (TPSA) is 49.3 Å². The number of hydrogen-bond acceptors (Lipinski definition) is 2. The molecule has 0 aliphatic rings. The molecule has 2 rings (SSSR count). The highest BCUT2D eigenvalue weighted by Crippen LogP contribution is 2.25. The van der Waals surface area contributed by atoms with Crippen molar-refractivity contribution >= 4 is 11.7 Å². The third kappa shape index (κ3) is 3.56. The summed E-state index contributed by atoms with van der Waals surface area (Å²) in [7, 11) is 0. The molecule has 0 aromatic heterocycles. The minimum absolute atomic E-state index is 0.126. The van der Waals surface area contributed by atoms with Crippen LogP contribution in [-0.2, 0) is 4.79 Å². The van der Waals surface area contributed by atoms with Crippen LogP contribution in [0.1, 0.15) is 29.2 Å². The molecule has 1 unspecified atom stereocenters. The number of aryl methyl sites for hydroxylation is 1. The van der Waals surface area contributed by atoms with Crippen molar-refractivity contribution in [3.8, 4) is 0 Å². The van der Waals surface area contributed by atoms with Crippen molar-refractivity contribution in [3.05, 3.63) is 65.2 Å². The standard InChI is InChI=1S/C16H15F2NO2/c1-10-4-2-3-5-13(10)19-14(16(20)21)11-6-8-12(9-7-11)15(17)18/h2-9,14-15,19H,1H3,(H,20,21). The maximum atomic E-state index is 12.5. The van der Waals surface area contributed by atoms with Crippen molar-refractivity contribution < 1.29 is 18.7 Å². The molecule has 1 atom stereocenters. The lowest BCUT2D eigenvalue weighted by Gasteiger charge is -2.18. The molecule has 0 heterocycles. The average Bonchev–Trinajstić information content (AvgIpc) is 2.46. The lowest BCUT2D eigenvalue weighted by Crippen LogP contribution is -2.20. The fourth-order valence-electron chi connectivity index (χ4n) is 2.01. The summed E-state index contributed by atoms with van der Waals surface area (Å²) in [4.78, 5) is 11.4. The summed E-state index contributed by atoms with van der Waals surface area (Å²) < 4.78 is 25.1. The molecule has 0 amide bonds. The van der Waals surface area contributed by atoms with Gasteiger partial charge in [0.1, 0.15) is 0 Å². The number of aliphatic carboxylic acids is 1. The second-order valence-corrected chi connectivity index (χ2v) is 4.70. The molecule has 21 heavy (non-hydrogen) atoms. The Morgan fingerprint density at radius 3 is 2.14 bits per heavy atom. The normalized spacial score (nSPS) is 12.2. The van der Waals surface area contributed by atoms with Gasteiger partial charge in [0.15, 0.2) is 6.04 Å². The summed E-state index contributed by atoms with van der Waals surface area (Å²) in [5.74, 6) is -1.07. The molecule has 0 aliphatic heterocycles. The predicted molar refractivity (Wildman–Crippen MR) is 76.6 cm³/mol. The first-order valence-electron chi connectivity index (χ1n) is 6.42. The Bertz CT molecular complexity index is 626. The fraction of sp³-hybridized carbons (Fsp3) is 0.188. The molecule has 5 heteroatoms. The molecule has 3 nitrogen and oxygen atoms in total. The van der Waals surface area contributed by atoms with E-state index in [1.54, 1.807) is 12.1 Å². The lowest BCUT2D eigenvalue weighted by molar-refractivity contribution is -0.138. The van der Waals surface area contributed by atoms with Crippen molar-refractivity contribution in [1.82, 2.24) is 0 Å². The molecule has 2 aromatic rings. The minimum atomic E-state index is -2.56. The van der Waals surface area contributed by atoms with Gasteiger partial charge in [-0.2, -0.15) is 0 Å². The third-order valence-electron chi connectivity index (χ3n) is 3.21. The summed E-state index contributed by atoms with van der Waals surface area (Å²) in [6.07, 6.45) is -2.56. The number of rotatable bonds is 5. The van der Waals surface area contributed by atoms with Crippen LogP contribution in [0.3, 0.4) is 0 Å². The molecule has 0 spiro atoms. The highest BCUT2D eigenvalue weighted by molar-refractivity contribution is 5.79. The molecule has 2 N–H and O–H groups in total. The summed E-state index contributed by atoms with van der Waals surface area (Å²) in [5.41, 5.74) is 1.91. The molecular weight excluding hydrogens is 276 g/mol. The Morgan fingerprint density at radius 2 is 1.62 bits per heavy atom. The van der Waals surface area contributed by atoms with E-state index in [1.807, 2.05) is 19.1 Å². The minimum Gasteiger partial charge on any atom is -0.479 e. The first-order chi connectivity index (χ1) is 9.99. The molecule has 2 aromatic carbocycles. The molecule has 0 saturated carbocycles. The van der Waals surface area contributed by atoms with E-state index in [9.17, 15) is 18.7 Å². The Morgan fingerprint density at radius 1 is 1.05 bits per heavy atom. The quantitative estimate of drug-likeness (QED) is 0.869. The molecule has 0 radical (unpaired) electrons. The van der Waals surface area contributed by atoms with Crippen LogP contribution in [-0.4, -0.2) is 11.1 Å². The molecule has 0 bridgehead atoms. The Balaban J connectivity index is 2.27. The zero-order valence-corrected chi connectivity index (χ0v) is 11.4. The Kier molecular flexibility index (Phi) is 4.52. The van der Waals surface area contributed by atoms with Crippen LogP contribution in [0.15, 0.2) is 48.5 Å². The summed E-state index contributed by atoms with van der Waals surface area (Å²) in [6.45, 7) is 1.86. The van der Waals surface area contributed by atoms with Crippen molar-refractivity contribution in [2.45, 2.75) is 19.4 Å². The van der Waals surface area contributed by atoms with Gasteiger partial charge in [-0.3, -0.25) is 0 Å². The van der Waals surface area contributed by atoms with Crippen molar-refractivity contribution in [2.75, 3.05) is 5.32 Å². The van der Waals surface area contributed by atoms with Crippen molar-refractivity contribution in [1.29, 1.82) is 0 Å². The highest BCUT2D eigenvalue weighted by atomic mass is 19.3. The van der Waals surface area contributed by atoms with Crippen LogP contribution in [0, 0.1) is 6.92 Å². The molecular formula is C16H15F2NO2. The second-order valence-electron chi connectivity index (χ2n) is 4.70. The molecule has 110 valence electrons. The largest absolute Gasteiger partial charge is 0.479 e.